The van der Waals surface area contributed by atoms with Gasteiger partial charge in [-0.3, -0.25) is 4.79 Å². The van der Waals surface area contributed by atoms with Crippen LogP contribution in [0.15, 0.2) is 0 Å². The molecule has 0 bridgehead atoms. The highest BCUT2D eigenvalue weighted by molar-refractivity contribution is 6.60. The van der Waals surface area contributed by atoms with Crippen LogP contribution in [0.2, 0.25) is 6.04 Å². The Labute approximate surface area is 142 Å². The van der Waals surface area contributed by atoms with Gasteiger partial charge < -0.3 is 23.3 Å². The number of rotatable bonds is 16. The quantitative estimate of drug-likeness (QED) is 0.263. The topological polar surface area (TPSA) is 66.0 Å². The average Bonchev–Trinajstić information content (AvgIpc) is 2.58. The zero-order valence-electron chi connectivity index (χ0n) is 15.3. The number of carbonyl (C=O) groups excluding carboxylic acids is 1. The Balaban J connectivity index is 4.26. The molecule has 0 rings (SSSR count). The molecular weight excluding hydrogens is 314 g/mol. The summed E-state index contributed by atoms with van der Waals surface area (Å²) in [4.78, 5) is 11.0. The van der Waals surface area contributed by atoms with Gasteiger partial charge in [0, 0.05) is 32.4 Å². The second-order valence-corrected chi connectivity index (χ2v) is 8.14. The SMILES string of the molecule is CCCO[Si](CCCNCCC(=O)OC)(OCCC)OCCC. The number of hydrogen-bond donors (Lipinski definition) is 1. The fourth-order valence-electron chi connectivity index (χ4n) is 1.96. The zero-order valence-corrected chi connectivity index (χ0v) is 16.3. The van der Waals surface area contributed by atoms with Crippen LogP contribution in [-0.2, 0) is 22.8 Å². The average molecular weight is 350 g/mol. The highest BCUT2D eigenvalue weighted by Gasteiger charge is 2.40. The third kappa shape index (κ3) is 11.7. The number of esters is 1. The lowest BCUT2D eigenvalue weighted by Crippen LogP contribution is -2.47. The Hall–Kier alpha value is -0.473. The van der Waals surface area contributed by atoms with E-state index in [2.05, 4.69) is 30.8 Å². The van der Waals surface area contributed by atoms with Gasteiger partial charge in [0.15, 0.2) is 0 Å². The van der Waals surface area contributed by atoms with E-state index >= 15 is 0 Å². The van der Waals surface area contributed by atoms with Crippen molar-refractivity contribution in [1.82, 2.24) is 5.32 Å². The molecule has 23 heavy (non-hydrogen) atoms. The molecule has 0 unspecified atom stereocenters. The van der Waals surface area contributed by atoms with Gasteiger partial charge in [-0.05, 0) is 32.2 Å². The normalized spacial score (nSPS) is 11.7. The minimum atomic E-state index is -2.58. The van der Waals surface area contributed by atoms with Crippen molar-refractivity contribution in [2.45, 2.75) is 58.9 Å². The molecule has 1 N–H and O–H groups in total. The third-order valence-corrected chi connectivity index (χ3v) is 6.05. The molecule has 0 amide bonds. The molecule has 138 valence electrons. The summed E-state index contributed by atoms with van der Waals surface area (Å²) in [5.74, 6) is -0.190. The van der Waals surface area contributed by atoms with Crippen LogP contribution >= 0.6 is 0 Å². The zero-order chi connectivity index (χ0) is 17.4. The molecule has 0 aliphatic heterocycles. The summed E-state index contributed by atoms with van der Waals surface area (Å²) in [5.41, 5.74) is 0. The molecule has 0 aromatic carbocycles. The van der Waals surface area contributed by atoms with E-state index < -0.39 is 8.80 Å². The molecular formula is C16H35NO5Si. The van der Waals surface area contributed by atoms with Crippen molar-refractivity contribution in [3.63, 3.8) is 0 Å². The van der Waals surface area contributed by atoms with Crippen LogP contribution in [0.25, 0.3) is 0 Å². The van der Waals surface area contributed by atoms with Crippen molar-refractivity contribution < 1.29 is 22.8 Å². The maximum atomic E-state index is 11.0. The lowest BCUT2D eigenvalue weighted by atomic mass is 10.4. The van der Waals surface area contributed by atoms with Crippen LogP contribution in [0.5, 0.6) is 0 Å². The first-order chi connectivity index (χ1) is 11.1. The van der Waals surface area contributed by atoms with Crippen molar-refractivity contribution in [2.75, 3.05) is 40.0 Å². The standard InChI is InChI=1S/C16H35NO5Si/c1-5-12-20-23(21-13-6-2,22-14-7-3)15-8-10-17-11-9-16(18)19-4/h17H,5-15H2,1-4H3. The predicted molar refractivity (Wildman–Crippen MR) is 93.4 cm³/mol. The number of carbonyl (C=O) groups is 1. The van der Waals surface area contributed by atoms with E-state index in [-0.39, 0.29) is 5.97 Å². The molecule has 0 heterocycles. The maximum absolute atomic E-state index is 11.0. The Kier molecular flexibility index (Phi) is 14.8. The molecule has 0 aliphatic carbocycles. The summed E-state index contributed by atoms with van der Waals surface area (Å²) in [6, 6.07) is 0.804. The summed E-state index contributed by atoms with van der Waals surface area (Å²) in [7, 11) is -1.17. The largest absolute Gasteiger partial charge is 0.501 e. The minimum absolute atomic E-state index is 0.190. The lowest BCUT2D eigenvalue weighted by molar-refractivity contribution is -0.140. The number of hydrogen-bond acceptors (Lipinski definition) is 6. The van der Waals surface area contributed by atoms with Crippen LogP contribution in [-0.4, -0.2) is 54.8 Å². The molecule has 0 aromatic heterocycles. The summed E-state index contributed by atoms with van der Waals surface area (Å²) in [5, 5.41) is 3.25. The third-order valence-electron chi connectivity index (χ3n) is 3.15. The van der Waals surface area contributed by atoms with Crippen molar-refractivity contribution in [2.24, 2.45) is 0 Å². The summed E-state index contributed by atoms with van der Waals surface area (Å²) >= 11 is 0. The van der Waals surface area contributed by atoms with E-state index in [9.17, 15) is 4.79 Å². The van der Waals surface area contributed by atoms with Crippen molar-refractivity contribution in [1.29, 1.82) is 0 Å². The fraction of sp³-hybridized carbons (Fsp3) is 0.938. The van der Waals surface area contributed by atoms with Gasteiger partial charge in [0.2, 0.25) is 0 Å². The van der Waals surface area contributed by atoms with Gasteiger partial charge in [0.05, 0.1) is 13.5 Å². The van der Waals surface area contributed by atoms with Crippen LogP contribution in [0.4, 0.5) is 0 Å². The van der Waals surface area contributed by atoms with Gasteiger partial charge in [0.1, 0.15) is 0 Å². The summed E-state index contributed by atoms with van der Waals surface area (Å²) in [6.45, 7) is 9.74. The Morgan fingerprint density at radius 2 is 1.43 bits per heavy atom. The highest BCUT2D eigenvalue weighted by atomic mass is 28.4. The lowest BCUT2D eigenvalue weighted by Gasteiger charge is -2.29. The minimum Gasteiger partial charge on any atom is -0.469 e. The number of nitrogens with one attached hydrogen (secondary N) is 1. The van der Waals surface area contributed by atoms with E-state index in [0.717, 1.165) is 38.3 Å². The molecule has 7 heteroatoms. The van der Waals surface area contributed by atoms with E-state index in [1.54, 1.807) is 0 Å². The molecule has 0 aromatic rings. The smallest absolute Gasteiger partial charge is 0.469 e. The first-order valence-electron chi connectivity index (χ1n) is 8.83. The molecule has 6 nitrogen and oxygen atoms in total. The molecule has 0 radical (unpaired) electrons. The van der Waals surface area contributed by atoms with Gasteiger partial charge in [0.25, 0.3) is 0 Å². The first kappa shape index (κ1) is 22.5. The van der Waals surface area contributed by atoms with Gasteiger partial charge in [-0.15, -0.1) is 0 Å². The van der Waals surface area contributed by atoms with Crippen LogP contribution in [0.3, 0.4) is 0 Å². The van der Waals surface area contributed by atoms with Crippen molar-refractivity contribution in [3.8, 4) is 0 Å². The van der Waals surface area contributed by atoms with Crippen LogP contribution in [0, 0.1) is 0 Å². The van der Waals surface area contributed by atoms with Gasteiger partial charge in [-0.1, -0.05) is 20.8 Å². The van der Waals surface area contributed by atoms with E-state index in [1.165, 1.54) is 7.11 Å². The van der Waals surface area contributed by atoms with Crippen LogP contribution in [0.1, 0.15) is 52.9 Å². The Morgan fingerprint density at radius 1 is 0.913 bits per heavy atom. The van der Waals surface area contributed by atoms with Crippen molar-refractivity contribution in [3.05, 3.63) is 0 Å². The fourth-order valence-corrected chi connectivity index (χ4v) is 4.80. The first-order valence-corrected chi connectivity index (χ1v) is 10.8. The van der Waals surface area contributed by atoms with Gasteiger partial charge in [-0.25, -0.2) is 0 Å². The maximum Gasteiger partial charge on any atom is 0.501 e. The number of ether oxygens (including phenoxy) is 1. The Bertz CT molecular complexity index is 270. The van der Waals surface area contributed by atoms with Crippen LogP contribution < -0.4 is 5.32 Å². The van der Waals surface area contributed by atoms with E-state index in [4.69, 9.17) is 13.3 Å². The van der Waals surface area contributed by atoms with Gasteiger partial charge in [-0.2, -0.15) is 0 Å². The molecule has 0 aliphatic rings. The van der Waals surface area contributed by atoms with E-state index in [1.807, 2.05) is 0 Å². The Morgan fingerprint density at radius 3 is 1.87 bits per heavy atom. The molecule has 0 atom stereocenters. The second kappa shape index (κ2) is 15.1. The predicted octanol–water partition coefficient (Wildman–Crippen LogP) is 2.75. The highest BCUT2D eigenvalue weighted by Crippen LogP contribution is 2.19. The van der Waals surface area contributed by atoms with E-state index in [0.29, 0.717) is 32.8 Å². The molecule has 0 saturated heterocycles. The molecule has 0 fully saturated rings. The summed E-state index contributed by atoms with van der Waals surface area (Å²) < 4.78 is 22.7. The molecule has 0 spiro atoms. The number of methoxy groups -OCH3 is 1. The second-order valence-electron chi connectivity index (χ2n) is 5.41. The monoisotopic (exact) mass is 349 g/mol. The summed E-state index contributed by atoms with van der Waals surface area (Å²) in [6.07, 6.45) is 4.17. The molecule has 0 saturated carbocycles. The van der Waals surface area contributed by atoms with Gasteiger partial charge >= 0.3 is 14.8 Å². The van der Waals surface area contributed by atoms with Crippen molar-refractivity contribution >= 4 is 14.8 Å².